The molecule has 8 heteroatoms. The molecule has 0 atom stereocenters. The molecule has 2 saturated heterocycles. The number of likely N-dealkylation sites (tertiary alicyclic amines) is 1. The molecule has 152 valence electrons. The van der Waals surface area contributed by atoms with Crippen LogP contribution in [0, 0.1) is 18.8 Å². The Balaban J connectivity index is 1.52. The van der Waals surface area contributed by atoms with Crippen LogP contribution in [0.25, 0.3) is 0 Å². The summed E-state index contributed by atoms with van der Waals surface area (Å²) in [4.78, 5) is 48.1. The van der Waals surface area contributed by atoms with Crippen molar-refractivity contribution in [2.75, 3.05) is 26.2 Å². The first-order chi connectivity index (χ1) is 13.3. The van der Waals surface area contributed by atoms with Gasteiger partial charge in [-0.2, -0.15) is 0 Å². The molecule has 4 rings (SSSR count). The minimum atomic E-state index is -0.813. The van der Waals surface area contributed by atoms with Gasteiger partial charge in [0.15, 0.2) is 11.6 Å². The van der Waals surface area contributed by atoms with E-state index in [-0.39, 0.29) is 29.5 Å². The Morgan fingerprint density at radius 3 is 2.50 bits per heavy atom. The lowest BCUT2D eigenvalue weighted by atomic mass is 9.85. The lowest BCUT2D eigenvalue weighted by molar-refractivity contribution is -0.135. The summed E-state index contributed by atoms with van der Waals surface area (Å²) >= 11 is 0. The molecule has 0 unspecified atom stereocenters. The van der Waals surface area contributed by atoms with Crippen molar-refractivity contribution in [3.05, 3.63) is 17.8 Å². The highest BCUT2D eigenvalue weighted by Gasteiger charge is 2.58. The van der Waals surface area contributed by atoms with Gasteiger partial charge in [-0.05, 0) is 37.5 Å². The Bertz CT molecular complexity index is 790. The van der Waals surface area contributed by atoms with Gasteiger partial charge in [-0.25, -0.2) is 9.78 Å². The molecule has 2 aliphatic heterocycles. The van der Waals surface area contributed by atoms with Gasteiger partial charge < -0.3 is 14.2 Å². The van der Waals surface area contributed by atoms with Gasteiger partial charge >= 0.3 is 6.03 Å². The van der Waals surface area contributed by atoms with Gasteiger partial charge in [0, 0.05) is 33.1 Å². The smallest absolute Gasteiger partial charge is 0.327 e. The van der Waals surface area contributed by atoms with Crippen LogP contribution < -0.4 is 0 Å². The average molecular weight is 388 g/mol. The predicted molar refractivity (Wildman–Crippen MR) is 100 cm³/mol. The maximum Gasteiger partial charge on any atom is 0.327 e. The van der Waals surface area contributed by atoms with Crippen molar-refractivity contribution in [1.29, 1.82) is 0 Å². The molecule has 3 heterocycles. The summed E-state index contributed by atoms with van der Waals surface area (Å²) in [5.41, 5.74) is -0.524. The number of urea groups is 1. The normalized spacial score (nSPS) is 22.1. The van der Waals surface area contributed by atoms with Crippen LogP contribution >= 0.6 is 0 Å². The monoisotopic (exact) mass is 388 g/mol. The van der Waals surface area contributed by atoms with Crippen LogP contribution in [0.1, 0.15) is 55.9 Å². The summed E-state index contributed by atoms with van der Waals surface area (Å²) < 4.78 is 5.15. The second-order valence-electron chi connectivity index (χ2n) is 8.72. The molecule has 1 spiro atoms. The highest BCUT2D eigenvalue weighted by Crippen LogP contribution is 2.40. The van der Waals surface area contributed by atoms with E-state index >= 15 is 0 Å². The van der Waals surface area contributed by atoms with E-state index in [9.17, 15) is 14.4 Å². The van der Waals surface area contributed by atoms with Gasteiger partial charge in [0.2, 0.25) is 0 Å². The van der Waals surface area contributed by atoms with E-state index in [2.05, 4.69) is 18.8 Å². The third-order valence-electron chi connectivity index (χ3n) is 6.02. The molecule has 1 aromatic heterocycles. The van der Waals surface area contributed by atoms with Crippen molar-refractivity contribution in [3.63, 3.8) is 0 Å². The van der Waals surface area contributed by atoms with E-state index in [1.54, 1.807) is 16.7 Å². The number of nitrogens with zero attached hydrogens (tertiary/aromatic N) is 4. The second-order valence-corrected chi connectivity index (χ2v) is 8.72. The van der Waals surface area contributed by atoms with Crippen molar-refractivity contribution >= 4 is 17.8 Å². The maximum atomic E-state index is 13.3. The molecule has 0 bridgehead atoms. The van der Waals surface area contributed by atoms with Crippen LogP contribution in [0.3, 0.4) is 0 Å². The Labute approximate surface area is 164 Å². The number of carbonyl (C=O) groups is 3. The fraction of sp³-hybridized carbons (Fsp3) is 0.700. The number of aromatic nitrogens is 1. The predicted octanol–water partition coefficient (Wildman–Crippen LogP) is 2.29. The molecule has 0 N–H and O–H groups in total. The second kappa shape index (κ2) is 6.90. The third-order valence-corrected chi connectivity index (χ3v) is 6.02. The quantitative estimate of drug-likeness (QED) is 0.722. The molecule has 3 aliphatic rings. The highest BCUT2D eigenvalue weighted by molar-refractivity contribution is 6.07. The van der Waals surface area contributed by atoms with Gasteiger partial charge in [-0.1, -0.05) is 13.8 Å². The Kier molecular flexibility index (Phi) is 4.67. The molecule has 1 aliphatic carbocycles. The summed E-state index contributed by atoms with van der Waals surface area (Å²) in [5.74, 6) is 0.920. The summed E-state index contributed by atoms with van der Waals surface area (Å²) in [6.45, 7) is 7.76. The van der Waals surface area contributed by atoms with E-state index < -0.39 is 5.54 Å². The molecule has 0 aromatic carbocycles. The van der Waals surface area contributed by atoms with E-state index in [1.807, 2.05) is 0 Å². The standard InChI is InChI=1S/C20H28N4O4/c1-13(2)10-24-19(27)23(11-15-4-5-15)18(26)20(24)6-8-22(9-7-20)17(25)16-12-28-14(3)21-16/h12-13,15H,4-11H2,1-3H3. The zero-order valence-corrected chi connectivity index (χ0v) is 16.8. The molecule has 1 saturated carbocycles. The molecule has 28 heavy (non-hydrogen) atoms. The Hall–Kier alpha value is -2.38. The lowest BCUT2D eigenvalue weighted by Crippen LogP contribution is -2.58. The summed E-state index contributed by atoms with van der Waals surface area (Å²) in [7, 11) is 0. The zero-order chi connectivity index (χ0) is 20.1. The first-order valence-electron chi connectivity index (χ1n) is 10.2. The summed E-state index contributed by atoms with van der Waals surface area (Å²) in [6.07, 6.45) is 4.48. The number of piperidine rings is 1. The molecular formula is C20H28N4O4. The van der Waals surface area contributed by atoms with E-state index in [1.165, 1.54) is 11.2 Å². The van der Waals surface area contributed by atoms with Crippen LogP contribution in [-0.2, 0) is 4.79 Å². The van der Waals surface area contributed by atoms with Crippen LogP contribution in [0.5, 0.6) is 0 Å². The summed E-state index contributed by atoms with van der Waals surface area (Å²) in [5, 5.41) is 0. The molecule has 4 amide bonds. The number of amides is 4. The minimum absolute atomic E-state index is 0.0746. The zero-order valence-electron chi connectivity index (χ0n) is 16.8. The largest absolute Gasteiger partial charge is 0.448 e. The fourth-order valence-electron chi connectivity index (χ4n) is 4.31. The Morgan fingerprint density at radius 2 is 1.96 bits per heavy atom. The molecule has 3 fully saturated rings. The van der Waals surface area contributed by atoms with Gasteiger partial charge in [-0.3, -0.25) is 14.5 Å². The number of hydrogen-bond acceptors (Lipinski definition) is 5. The Morgan fingerprint density at radius 1 is 1.29 bits per heavy atom. The number of aryl methyl sites for hydroxylation is 1. The van der Waals surface area contributed by atoms with Crippen LogP contribution in [0.4, 0.5) is 4.79 Å². The molecule has 0 radical (unpaired) electrons. The van der Waals surface area contributed by atoms with Crippen LogP contribution in [0.15, 0.2) is 10.7 Å². The molecule has 8 nitrogen and oxygen atoms in total. The molecule has 1 aromatic rings. The van der Waals surface area contributed by atoms with Gasteiger partial charge in [0.25, 0.3) is 11.8 Å². The van der Waals surface area contributed by atoms with Crippen LogP contribution in [0.2, 0.25) is 0 Å². The van der Waals surface area contributed by atoms with Gasteiger partial charge in [-0.15, -0.1) is 0 Å². The SMILES string of the molecule is Cc1nc(C(=O)N2CCC3(CC2)C(=O)N(CC2CC2)C(=O)N3CC(C)C)co1. The molecular weight excluding hydrogens is 360 g/mol. The van der Waals surface area contributed by atoms with E-state index in [0.717, 1.165) is 12.8 Å². The van der Waals surface area contributed by atoms with Crippen molar-refractivity contribution in [1.82, 2.24) is 19.7 Å². The number of oxazole rings is 1. The van der Waals surface area contributed by atoms with E-state index in [0.29, 0.717) is 50.8 Å². The number of imide groups is 1. The van der Waals surface area contributed by atoms with Crippen molar-refractivity contribution in [3.8, 4) is 0 Å². The van der Waals surface area contributed by atoms with Gasteiger partial charge in [0.1, 0.15) is 11.8 Å². The van der Waals surface area contributed by atoms with Gasteiger partial charge in [0.05, 0.1) is 0 Å². The van der Waals surface area contributed by atoms with Crippen molar-refractivity contribution < 1.29 is 18.8 Å². The number of hydrogen-bond donors (Lipinski definition) is 0. The maximum absolute atomic E-state index is 13.3. The minimum Gasteiger partial charge on any atom is -0.448 e. The summed E-state index contributed by atoms with van der Waals surface area (Å²) in [6, 6.07) is -0.155. The third kappa shape index (κ3) is 3.18. The van der Waals surface area contributed by atoms with Crippen molar-refractivity contribution in [2.45, 2.75) is 52.0 Å². The lowest BCUT2D eigenvalue weighted by Gasteiger charge is -2.42. The highest BCUT2D eigenvalue weighted by atomic mass is 16.3. The first-order valence-corrected chi connectivity index (χ1v) is 10.2. The average Bonchev–Trinajstić information content (AvgIpc) is 3.36. The van der Waals surface area contributed by atoms with Crippen LogP contribution in [-0.4, -0.2) is 69.2 Å². The topological polar surface area (TPSA) is 87.0 Å². The first kappa shape index (κ1) is 19.0. The number of carbonyl (C=O) groups excluding carboxylic acids is 3. The van der Waals surface area contributed by atoms with Crippen molar-refractivity contribution in [2.24, 2.45) is 11.8 Å². The van der Waals surface area contributed by atoms with E-state index in [4.69, 9.17) is 4.42 Å². The fourth-order valence-corrected chi connectivity index (χ4v) is 4.31. The number of rotatable bonds is 5.